The number of likely N-dealkylation sites (tertiary alicyclic amines) is 1. The number of rotatable bonds is 3. The van der Waals surface area contributed by atoms with Gasteiger partial charge in [-0.25, -0.2) is 8.78 Å². The van der Waals surface area contributed by atoms with Crippen LogP contribution in [0.2, 0.25) is 0 Å². The predicted octanol–water partition coefficient (Wildman–Crippen LogP) is 3.73. The molecule has 120 valence electrons. The predicted molar refractivity (Wildman–Crippen MR) is 83.6 cm³/mol. The number of halogens is 2. The van der Waals surface area contributed by atoms with Crippen LogP contribution in [0.5, 0.6) is 0 Å². The molecule has 1 N–H and O–H groups in total. The second kappa shape index (κ2) is 6.73. The fourth-order valence-corrected chi connectivity index (χ4v) is 2.63. The molecule has 6 heteroatoms. The Kier molecular flexibility index (Phi) is 4.50. The van der Waals surface area contributed by atoms with Gasteiger partial charge in [0, 0.05) is 31.0 Å². The van der Waals surface area contributed by atoms with E-state index < -0.39 is 11.6 Å². The van der Waals surface area contributed by atoms with Crippen molar-refractivity contribution in [3.63, 3.8) is 0 Å². The number of pyridine rings is 1. The van der Waals surface area contributed by atoms with E-state index in [4.69, 9.17) is 0 Å². The van der Waals surface area contributed by atoms with E-state index in [0.717, 1.165) is 38.4 Å². The number of amides is 1. The Hall–Kier alpha value is -2.50. The number of benzene rings is 1. The summed E-state index contributed by atoms with van der Waals surface area (Å²) in [6, 6.07) is 6.52. The second-order valence-corrected chi connectivity index (χ2v) is 5.53. The average Bonchev–Trinajstić information content (AvgIpc) is 2.58. The van der Waals surface area contributed by atoms with Gasteiger partial charge in [-0.15, -0.1) is 0 Å². The molecule has 4 nitrogen and oxygen atoms in total. The van der Waals surface area contributed by atoms with Gasteiger partial charge in [0.25, 0.3) is 5.91 Å². The maximum Gasteiger partial charge on any atom is 0.272 e. The maximum atomic E-state index is 13.7. The Balaban J connectivity index is 1.78. The van der Waals surface area contributed by atoms with Gasteiger partial charge in [-0.05, 0) is 43.5 Å². The molecule has 1 aromatic heterocycles. The van der Waals surface area contributed by atoms with Gasteiger partial charge >= 0.3 is 0 Å². The summed E-state index contributed by atoms with van der Waals surface area (Å²) in [6.45, 7) is 1.48. The van der Waals surface area contributed by atoms with Crippen molar-refractivity contribution in [2.24, 2.45) is 0 Å². The Morgan fingerprint density at radius 2 is 1.87 bits per heavy atom. The van der Waals surface area contributed by atoms with Gasteiger partial charge in [-0.3, -0.25) is 9.78 Å². The van der Waals surface area contributed by atoms with E-state index in [2.05, 4.69) is 10.3 Å². The molecule has 2 heterocycles. The molecule has 0 bridgehead atoms. The zero-order valence-electron chi connectivity index (χ0n) is 12.6. The van der Waals surface area contributed by atoms with E-state index >= 15 is 0 Å². The number of aromatic nitrogens is 1. The highest BCUT2D eigenvalue weighted by molar-refractivity contribution is 5.93. The lowest BCUT2D eigenvalue weighted by Crippen LogP contribution is -2.36. The van der Waals surface area contributed by atoms with Crippen LogP contribution < -0.4 is 5.32 Å². The van der Waals surface area contributed by atoms with Gasteiger partial charge in [0.05, 0.1) is 5.69 Å². The van der Waals surface area contributed by atoms with Crippen LogP contribution in [0.1, 0.15) is 29.8 Å². The molecular weight excluding hydrogens is 300 g/mol. The van der Waals surface area contributed by atoms with Gasteiger partial charge in [-0.1, -0.05) is 0 Å². The van der Waals surface area contributed by atoms with E-state index in [1.165, 1.54) is 18.3 Å². The third-order valence-electron chi connectivity index (χ3n) is 3.83. The first-order valence-electron chi connectivity index (χ1n) is 7.61. The summed E-state index contributed by atoms with van der Waals surface area (Å²) < 4.78 is 26.6. The summed E-state index contributed by atoms with van der Waals surface area (Å²) in [5, 5.41) is 2.85. The van der Waals surface area contributed by atoms with Crippen molar-refractivity contribution in [2.75, 3.05) is 18.4 Å². The first-order valence-corrected chi connectivity index (χ1v) is 7.61. The fraction of sp³-hybridized carbons (Fsp3) is 0.294. The highest BCUT2D eigenvalue weighted by Gasteiger charge is 2.19. The largest absolute Gasteiger partial charge is 0.353 e. The number of hydrogen-bond acceptors (Lipinski definition) is 3. The number of anilines is 2. The normalized spacial score (nSPS) is 14.6. The zero-order valence-corrected chi connectivity index (χ0v) is 12.6. The molecule has 1 fully saturated rings. The molecule has 0 radical (unpaired) electrons. The van der Waals surface area contributed by atoms with Crippen LogP contribution in [0.15, 0.2) is 36.5 Å². The molecule has 1 amide bonds. The molecule has 1 aliphatic heterocycles. The smallest absolute Gasteiger partial charge is 0.272 e. The highest BCUT2D eigenvalue weighted by Crippen LogP contribution is 2.21. The second-order valence-electron chi connectivity index (χ2n) is 5.53. The Morgan fingerprint density at radius 3 is 2.61 bits per heavy atom. The zero-order chi connectivity index (χ0) is 16.2. The van der Waals surface area contributed by atoms with Crippen LogP contribution in [0.25, 0.3) is 0 Å². The van der Waals surface area contributed by atoms with Crippen molar-refractivity contribution < 1.29 is 13.6 Å². The van der Waals surface area contributed by atoms with Crippen LogP contribution in [-0.4, -0.2) is 28.9 Å². The van der Waals surface area contributed by atoms with Crippen molar-refractivity contribution in [3.8, 4) is 0 Å². The van der Waals surface area contributed by atoms with Gasteiger partial charge in [0.2, 0.25) is 0 Å². The summed E-state index contributed by atoms with van der Waals surface area (Å²) in [6.07, 6.45) is 4.65. The SMILES string of the molecule is O=C(c1cc(Nc2ccc(F)cc2F)ccn1)N1CCCCC1. The average molecular weight is 317 g/mol. The summed E-state index contributed by atoms with van der Waals surface area (Å²) in [5.74, 6) is -1.44. The fourth-order valence-electron chi connectivity index (χ4n) is 2.63. The van der Waals surface area contributed by atoms with Gasteiger partial charge < -0.3 is 10.2 Å². The van der Waals surface area contributed by atoms with Crippen molar-refractivity contribution >= 4 is 17.3 Å². The third-order valence-corrected chi connectivity index (χ3v) is 3.83. The minimum Gasteiger partial charge on any atom is -0.353 e. The summed E-state index contributed by atoms with van der Waals surface area (Å²) in [7, 11) is 0. The molecule has 0 saturated carbocycles. The molecule has 1 aliphatic rings. The van der Waals surface area contributed by atoms with Crippen LogP contribution in [-0.2, 0) is 0 Å². The molecule has 2 aromatic rings. The first kappa shape index (κ1) is 15.4. The molecule has 0 unspecified atom stereocenters. The van der Waals surface area contributed by atoms with Crippen LogP contribution in [0.3, 0.4) is 0 Å². The van der Waals surface area contributed by atoms with E-state index in [0.29, 0.717) is 11.4 Å². The number of nitrogens with one attached hydrogen (secondary N) is 1. The lowest BCUT2D eigenvalue weighted by Gasteiger charge is -2.26. The molecule has 1 saturated heterocycles. The van der Waals surface area contributed by atoms with E-state index in [9.17, 15) is 13.6 Å². The molecule has 0 spiro atoms. The lowest BCUT2D eigenvalue weighted by molar-refractivity contribution is 0.0718. The summed E-state index contributed by atoms with van der Waals surface area (Å²) in [4.78, 5) is 18.3. The Labute approximate surface area is 133 Å². The minimum atomic E-state index is -0.689. The number of nitrogens with zero attached hydrogens (tertiary/aromatic N) is 2. The number of piperidine rings is 1. The summed E-state index contributed by atoms with van der Waals surface area (Å²) >= 11 is 0. The van der Waals surface area contributed by atoms with E-state index in [1.54, 1.807) is 17.0 Å². The Morgan fingerprint density at radius 1 is 1.09 bits per heavy atom. The molecule has 3 rings (SSSR count). The van der Waals surface area contributed by atoms with E-state index in [1.807, 2.05) is 0 Å². The van der Waals surface area contributed by atoms with Gasteiger partial charge in [0.1, 0.15) is 17.3 Å². The Bertz CT molecular complexity index is 715. The number of carbonyl (C=O) groups excluding carboxylic acids is 1. The highest BCUT2D eigenvalue weighted by atomic mass is 19.1. The van der Waals surface area contributed by atoms with Gasteiger partial charge in [-0.2, -0.15) is 0 Å². The standard InChI is InChI=1S/C17H17F2N3O/c18-12-4-5-15(14(19)10-12)21-13-6-7-20-16(11-13)17(23)22-8-2-1-3-9-22/h4-7,10-11H,1-3,8-9H2,(H,20,21). The van der Waals surface area contributed by atoms with Crippen LogP contribution in [0, 0.1) is 11.6 Å². The molecule has 0 aliphatic carbocycles. The lowest BCUT2D eigenvalue weighted by atomic mass is 10.1. The third kappa shape index (κ3) is 3.64. The van der Waals surface area contributed by atoms with E-state index in [-0.39, 0.29) is 11.6 Å². The van der Waals surface area contributed by atoms with Crippen molar-refractivity contribution in [3.05, 3.63) is 53.9 Å². The molecule has 23 heavy (non-hydrogen) atoms. The van der Waals surface area contributed by atoms with Crippen molar-refractivity contribution in [2.45, 2.75) is 19.3 Å². The quantitative estimate of drug-likeness (QED) is 0.938. The van der Waals surface area contributed by atoms with Crippen LogP contribution >= 0.6 is 0 Å². The first-order chi connectivity index (χ1) is 11.1. The number of hydrogen-bond donors (Lipinski definition) is 1. The van der Waals surface area contributed by atoms with Crippen molar-refractivity contribution in [1.29, 1.82) is 0 Å². The number of carbonyl (C=O) groups is 1. The molecule has 1 aromatic carbocycles. The topological polar surface area (TPSA) is 45.2 Å². The van der Waals surface area contributed by atoms with Crippen LogP contribution in [0.4, 0.5) is 20.2 Å². The van der Waals surface area contributed by atoms with Gasteiger partial charge in [0.15, 0.2) is 0 Å². The van der Waals surface area contributed by atoms with Crippen molar-refractivity contribution in [1.82, 2.24) is 9.88 Å². The molecular formula is C17H17F2N3O. The molecule has 0 atom stereocenters. The minimum absolute atomic E-state index is 0.118. The summed E-state index contributed by atoms with van der Waals surface area (Å²) in [5.41, 5.74) is 0.999. The maximum absolute atomic E-state index is 13.7. The monoisotopic (exact) mass is 317 g/mol.